The van der Waals surface area contributed by atoms with E-state index in [4.69, 9.17) is 4.74 Å². The molecule has 1 atom stereocenters. The molecule has 16 heavy (non-hydrogen) atoms. The van der Waals surface area contributed by atoms with Crippen molar-refractivity contribution < 1.29 is 4.74 Å². The van der Waals surface area contributed by atoms with E-state index in [0.29, 0.717) is 6.04 Å². The van der Waals surface area contributed by atoms with Crippen molar-refractivity contribution in [2.75, 3.05) is 13.7 Å². The number of aryl methyl sites for hydroxylation is 1. The van der Waals surface area contributed by atoms with Gasteiger partial charge in [-0.3, -0.25) is 0 Å². The average molecular weight is 225 g/mol. The van der Waals surface area contributed by atoms with Gasteiger partial charge in [0.15, 0.2) is 0 Å². The minimum atomic E-state index is 0.426. The number of hydrogen-bond donors (Lipinski definition) is 1. The second-order valence-corrected chi connectivity index (χ2v) is 4.02. The van der Waals surface area contributed by atoms with Crippen molar-refractivity contribution in [3.05, 3.63) is 18.2 Å². The molecule has 1 heterocycles. The number of rotatable bonds is 8. The van der Waals surface area contributed by atoms with Crippen LogP contribution in [-0.2, 0) is 17.8 Å². The van der Waals surface area contributed by atoms with Crippen molar-refractivity contribution in [1.82, 2.24) is 14.9 Å². The van der Waals surface area contributed by atoms with Crippen molar-refractivity contribution in [2.45, 2.75) is 45.8 Å². The summed E-state index contributed by atoms with van der Waals surface area (Å²) in [6.07, 6.45) is 6.05. The Morgan fingerprint density at radius 1 is 1.50 bits per heavy atom. The molecule has 4 nitrogen and oxygen atoms in total. The van der Waals surface area contributed by atoms with Gasteiger partial charge < -0.3 is 14.6 Å². The van der Waals surface area contributed by atoms with Gasteiger partial charge in [0.2, 0.25) is 0 Å². The number of aromatic nitrogens is 2. The van der Waals surface area contributed by atoms with E-state index in [1.165, 1.54) is 5.69 Å². The van der Waals surface area contributed by atoms with Crippen LogP contribution in [0.4, 0.5) is 0 Å². The maximum absolute atomic E-state index is 5.16. The smallest absolute Gasteiger partial charge is 0.0948 e. The first-order valence-corrected chi connectivity index (χ1v) is 6.03. The number of nitrogens with zero attached hydrogens (tertiary/aromatic N) is 2. The molecule has 0 amide bonds. The van der Waals surface area contributed by atoms with Crippen molar-refractivity contribution in [1.29, 1.82) is 0 Å². The highest BCUT2D eigenvalue weighted by Crippen LogP contribution is 2.02. The fourth-order valence-electron chi connectivity index (χ4n) is 1.71. The maximum Gasteiger partial charge on any atom is 0.0948 e. The van der Waals surface area contributed by atoms with Crippen molar-refractivity contribution in [2.24, 2.45) is 0 Å². The van der Waals surface area contributed by atoms with Crippen LogP contribution >= 0.6 is 0 Å². The van der Waals surface area contributed by atoms with Gasteiger partial charge >= 0.3 is 0 Å². The van der Waals surface area contributed by atoms with Crippen LogP contribution < -0.4 is 5.32 Å². The van der Waals surface area contributed by atoms with E-state index in [1.807, 2.05) is 12.5 Å². The van der Waals surface area contributed by atoms with Gasteiger partial charge in [0.1, 0.15) is 0 Å². The number of hydrogen-bond acceptors (Lipinski definition) is 3. The molecule has 0 aliphatic heterocycles. The van der Waals surface area contributed by atoms with E-state index >= 15 is 0 Å². The van der Waals surface area contributed by atoms with Crippen LogP contribution in [-0.4, -0.2) is 29.3 Å². The summed E-state index contributed by atoms with van der Waals surface area (Å²) < 4.78 is 7.36. The lowest BCUT2D eigenvalue weighted by atomic mass is 10.2. The summed E-state index contributed by atoms with van der Waals surface area (Å²) in [4.78, 5) is 4.18. The molecule has 1 rings (SSSR count). The molecule has 0 fully saturated rings. The van der Waals surface area contributed by atoms with E-state index in [2.05, 4.69) is 28.7 Å². The van der Waals surface area contributed by atoms with Crippen LogP contribution in [0.3, 0.4) is 0 Å². The van der Waals surface area contributed by atoms with Gasteiger partial charge in [0.05, 0.1) is 18.6 Å². The molecule has 0 saturated heterocycles. The van der Waals surface area contributed by atoms with Crippen LogP contribution in [0.5, 0.6) is 0 Å². The predicted octanol–water partition coefficient (Wildman–Crippen LogP) is 1.81. The Morgan fingerprint density at radius 3 is 2.94 bits per heavy atom. The quantitative estimate of drug-likeness (QED) is 0.733. The standard InChI is InChI=1S/C12H23N3O/c1-4-6-15-10-13-7-12(15)8-14-11(5-2)9-16-3/h7,10-11,14H,4-6,8-9H2,1-3H3. The predicted molar refractivity (Wildman–Crippen MR) is 65.3 cm³/mol. The largest absolute Gasteiger partial charge is 0.383 e. The Balaban J connectivity index is 2.43. The molecular formula is C12H23N3O. The molecule has 0 saturated carbocycles. The van der Waals surface area contributed by atoms with Gasteiger partial charge in [0.25, 0.3) is 0 Å². The monoisotopic (exact) mass is 225 g/mol. The molecule has 0 aliphatic rings. The zero-order valence-corrected chi connectivity index (χ0v) is 10.6. The Kier molecular flexibility index (Phi) is 6.11. The highest BCUT2D eigenvalue weighted by molar-refractivity contribution is 4.98. The fourth-order valence-corrected chi connectivity index (χ4v) is 1.71. The van der Waals surface area contributed by atoms with Crippen molar-refractivity contribution in [3.63, 3.8) is 0 Å². The summed E-state index contributed by atoms with van der Waals surface area (Å²) in [6.45, 7) is 7.01. The summed E-state index contributed by atoms with van der Waals surface area (Å²) >= 11 is 0. The Bertz CT molecular complexity index is 286. The fraction of sp³-hybridized carbons (Fsp3) is 0.750. The third-order valence-corrected chi connectivity index (χ3v) is 2.70. The summed E-state index contributed by atoms with van der Waals surface area (Å²) in [5.74, 6) is 0. The van der Waals surface area contributed by atoms with Gasteiger partial charge in [-0.2, -0.15) is 0 Å². The summed E-state index contributed by atoms with van der Waals surface area (Å²) in [5.41, 5.74) is 1.25. The number of methoxy groups -OCH3 is 1. The zero-order chi connectivity index (χ0) is 11.8. The lowest BCUT2D eigenvalue weighted by Crippen LogP contribution is -2.32. The van der Waals surface area contributed by atoms with Crippen LogP contribution in [0, 0.1) is 0 Å². The summed E-state index contributed by atoms with van der Waals surface area (Å²) in [7, 11) is 1.74. The lowest BCUT2D eigenvalue weighted by molar-refractivity contribution is 0.163. The highest BCUT2D eigenvalue weighted by atomic mass is 16.5. The van der Waals surface area contributed by atoms with Crippen molar-refractivity contribution in [3.8, 4) is 0 Å². The Labute approximate surface area is 98.0 Å². The first-order valence-electron chi connectivity index (χ1n) is 6.03. The third kappa shape index (κ3) is 3.94. The molecule has 1 N–H and O–H groups in total. The van der Waals surface area contributed by atoms with Crippen molar-refractivity contribution >= 4 is 0 Å². The molecule has 0 bridgehead atoms. The van der Waals surface area contributed by atoms with E-state index in [-0.39, 0.29) is 0 Å². The first kappa shape index (κ1) is 13.2. The van der Waals surface area contributed by atoms with Crippen LogP contribution in [0.2, 0.25) is 0 Å². The van der Waals surface area contributed by atoms with Gasteiger partial charge in [-0.25, -0.2) is 4.98 Å². The molecule has 4 heteroatoms. The van der Waals surface area contributed by atoms with Crippen LogP contribution in [0.1, 0.15) is 32.4 Å². The molecule has 0 aromatic carbocycles. The topological polar surface area (TPSA) is 39.1 Å². The molecular weight excluding hydrogens is 202 g/mol. The second-order valence-electron chi connectivity index (χ2n) is 4.02. The van der Waals surface area contributed by atoms with E-state index < -0.39 is 0 Å². The molecule has 1 aromatic heterocycles. The molecule has 1 aromatic rings. The second kappa shape index (κ2) is 7.41. The van der Waals surface area contributed by atoms with Gasteiger partial charge in [-0.15, -0.1) is 0 Å². The molecule has 0 radical (unpaired) electrons. The minimum absolute atomic E-state index is 0.426. The molecule has 0 aliphatic carbocycles. The number of imidazole rings is 1. The summed E-state index contributed by atoms with van der Waals surface area (Å²) in [5, 5.41) is 3.49. The Morgan fingerprint density at radius 2 is 2.31 bits per heavy atom. The van der Waals surface area contributed by atoms with Gasteiger partial charge in [-0.05, 0) is 12.8 Å². The summed E-state index contributed by atoms with van der Waals surface area (Å²) in [6, 6.07) is 0.426. The molecule has 92 valence electrons. The number of nitrogens with one attached hydrogen (secondary N) is 1. The maximum atomic E-state index is 5.16. The van der Waals surface area contributed by atoms with E-state index in [0.717, 1.165) is 32.5 Å². The zero-order valence-electron chi connectivity index (χ0n) is 10.6. The molecule has 0 spiro atoms. The first-order chi connectivity index (χ1) is 7.81. The highest BCUT2D eigenvalue weighted by Gasteiger charge is 2.06. The normalized spacial score (nSPS) is 12.9. The van der Waals surface area contributed by atoms with E-state index in [9.17, 15) is 0 Å². The number of ether oxygens (including phenoxy) is 1. The molecule has 1 unspecified atom stereocenters. The average Bonchev–Trinajstić information content (AvgIpc) is 2.72. The SMILES string of the molecule is CCCn1cncc1CNC(CC)COC. The van der Waals surface area contributed by atoms with Crippen LogP contribution in [0.15, 0.2) is 12.5 Å². The van der Waals surface area contributed by atoms with Gasteiger partial charge in [-0.1, -0.05) is 13.8 Å². The lowest BCUT2D eigenvalue weighted by Gasteiger charge is -2.16. The van der Waals surface area contributed by atoms with E-state index in [1.54, 1.807) is 7.11 Å². The third-order valence-electron chi connectivity index (χ3n) is 2.70. The minimum Gasteiger partial charge on any atom is -0.383 e. The van der Waals surface area contributed by atoms with Crippen LogP contribution in [0.25, 0.3) is 0 Å². The Hall–Kier alpha value is -0.870. The van der Waals surface area contributed by atoms with Gasteiger partial charge in [0, 0.05) is 32.4 Å².